The molecule has 0 atom stereocenters. The number of hydrogen-bond donors (Lipinski definition) is 2. The first-order valence-corrected chi connectivity index (χ1v) is 6.18. The number of nitrogens with one attached hydrogen (secondary N) is 1. The molecule has 1 aliphatic heterocycles. The maximum absolute atomic E-state index is 8.70. The Hall–Kier alpha value is -1.16. The van der Waals surface area contributed by atoms with Crippen LogP contribution in [0, 0.1) is 0 Å². The lowest BCUT2D eigenvalue weighted by molar-refractivity contribution is 0.233. The van der Waals surface area contributed by atoms with Crippen molar-refractivity contribution in [2.45, 2.75) is 6.54 Å². The lowest BCUT2D eigenvalue weighted by Gasteiger charge is -2.27. The van der Waals surface area contributed by atoms with Crippen molar-refractivity contribution in [3.05, 3.63) is 41.5 Å². The van der Waals surface area contributed by atoms with Crippen molar-refractivity contribution < 1.29 is 5.11 Å². The van der Waals surface area contributed by atoms with Gasteiger partial charge in [0, 0.05) is 32.7 Å². The van der Waals surface area contributed by atoms with Gasteiger partial charge in [0.05, 0.1) is 6.61 Å². The maximum atomic E-state index is 8.70. The lowest BCUT2D eigenvalue weighted by atomic mass is 10.1. The summed E-state index contributed by atoms with van der Waals surface area (Å²) in [6.07, 6.45) is 3.69. The first-order chi connectivity index (χ1) is 8.38. The van der Waals surface area contributed by atoms with E-state index in [1.54, 1.807) is 6.08 Å². The summed E-state index contributed by atoms with van der Waals surface area (Å²) in [5.41, 5.74) is 2.50. The second kappa shape index (κ2) is 6.55. The van der Waals surface area contributed by atoms with Crippen molar-refractivity contribution in [3.63, 3.8) is 0 Å². The van der Waals surface area contributed by atoms with E-state index in [4.69, 9.17) is 5.11 Å². The average molecular weight is 232 g/mol. The summed E-state index contributed by atoms with van der Waals surface area (Å²) in [5, 5.41) is 12.1. The number of piperazine rings is 1. The highest BCUT2D eigenvalue weighted by atomic mass is 16.2. The van der Waals surface area contributed by atoms with Crippen LogP contribution in [0.2, 0.25) is 0 Å². The van der Waals surface area contributed by atoms with Crippen molar-refractivity contribution in [1.29, 1.82) is 0 Å². The average Bonchev–Trinajstić information content (AvgIpc) is 2.39. The Kier molecular flexibility index (Phi) is 4.74. The molecule has 1 aromatic rings. The van der Waals surface area contributed by atoms with E-state index < -0.39 is 0 Å². The second-order valence-electron chi connectivity index (χ2n) is 4.35. The van der Waals surface area contributed by atoms with E-state index in [0.29, 0.717) is 0 Å². The molecular weight excluding hydrogens is 212 g/mol. The third-order valence-corrected chi connectivity index (χ3v) is 3.01. The molecule has 0 bridgehead atoms. The van der Waals surface area contributed by atoms with Crippen molar-refractivity contribution in [2.75, 3.05) is 32.8 Å². The van der Waals surface area contributed by atoms with Crippen molar-refractivity contribution >= 4 is 6.08 Å². The topological polar surface area (TPSA) is 35.5 Å². The van der Waals surface area contributed by atoms with E-state index in [1.807, 2.05) is 6.08 Å². The summed E-state index contributed by atoms with van der Waals surface area (Å²) in [7, 11) is 0. The van der Waals surface area contributed by atoms with E-state index in [9.17, 15) is 0 Å². The van der Waals surface area contributed by atoms with Gasteiger partial charge in [-0.3, -0.25) is 4.90 Å². The van der Waals surface area contributed by atoms with Gasteiger partial charge in [-0.25, -0.2) is 0 Å². The molecule has 17 heavy (non-hydrogen) atoms. The fraction of sp³-hybridized carbons (Fsp3) is 0.429. The number of nitrogens with zero attached hydrogens (tertiary/aromatic N) is 1. The van der Waals surface area contributed by atoms with Gasteiger partial charge in [-0.05, 0) is 11.1 Å². The molecule has 0 amide bonds. The quantitative estimate of drug-likeness (QED) is 0.816. The largest absolute Gasteiger partial charge is 0.392 e. The van der Waals surface area contributed by atoms with Gasteiger partial charge in [0.25, 0.3) is 0 Å². The molecule has 3 nitrogen and oxygen atoms in total. The molecule has 0 aromatic heterocycles. The second-order valence-corrected chi connectivity index (χ2v) is 4.35. The smallest absolute Gasteiger partial charge is 0.0615 e. The minimum Gasteiger partial charge on any atom is -0.392 e. The van der Waals surface area contributed by atoms with Crippen LogP contribution in [0.5, 0.6) is 0 Å². The number of benzene rings is 1. The molecule has 0 spiro atoms. The zero-order valence-electron chi connectivity index (χ0n) is 10.1. The maximum Gasteiger partial charge on any atom is 0.0615 e. The molecule has 92 valence electrons. The van der Waals surface area contributed by atoms with Crippen LogP contribution in [0.25, 0.3) is 6.08 Å². The highest BCUT2D eigenvalue weighted by Crippen LogP contribution is 2.09. The van der Waals surface area contributed by atoms with Crippen LogP contribution < -0.4 is 5.32 Å². The van der Waals surface area contributed by atoms with Gasteiger partial charge in [0.15, 0.2) is 0 Å². The number of rotatable bonds is 4. The first-order valence-electron chi connectivity index (χ1n) is 6.18. The standard InChI is InChI=1S/C14H20N2O/c17-11-1-2-13-3-5-14(6-4-13)12-16-9-7-15-8-10-16/h1-6,15,17H,7-12H2. The van der Waals surface area contributed by atoms with Gasteiger partial charge in [0.2, 0.25) is 0 Å². The van der Waals surface area contributed by atoms with Crippen LogP contribution in [0.3, 0.4) is 0 Å². The van der Waals surface area contributed by atoms with E-state index in [-0.39, 0.29) is 6.61 Å². The Balaban J connectivity index is 1.90. The summed E-state index contributed by atoms with van der Waals surface area (Å²) >= 11 is 0. The Morgan fingerprint density at radius 2 is 1.88 bits per heavy atom. The molecule has 1 aliphatic rings. The van der Waals surface area contributed by atoms with E-state index >= 15 is 0 Å². The molecule has 0 saturated carbocycles. The third-order valence-electron chi connectivity index (χ3n) is 3.01. The Labute approximate surface area is 103 Å². The van der Waals surface area contributed by atoms with Crippen LogP contribution >= 0.6 is 0 Å². The van der Waals surface area contributed by atoms with Gasteiger partial charge >= 0.3 is 0 Å². The normalized spacial score (nSPS) is 17.7. The van der Waals surface area contributed by atoms with Gasteiger partial charge in [-0.2, -0.15) is 0 Å². The number of aliphatic hydroxyl groups is 1. The summed E-state index contributed by atoms with van der Waals surface area (Å²) in [6, 6.07) is 8.53. The van der Waals surface area contributed by atoms with Crippen molar-refractivity contribution in [3.8, 4) is 0 Å². The van der Waals surface area contributed by atoms with Crippen molar-refractivity contribution in [1.82, 2.24) is 10.2 Å². The first kappa shape index (κ1) is 12.3. The minimum atomic E-state index is 0.0997. The Morgan fingerprint density at radius 1 is 1.18 bits per heavy atom. The molecular formula is C14H20N2O. The van der Waals surface area contributed by atoms with Gasteiger partial charge in [-0.1, -0.05) is 36.4 Å². The SMILES string of the molecule is OCC=Cc1ccc(CN2CCNCC2)cc1. The molecule has 1 fully saturated rings. The molecule has 1 aromatic carbocycles. The van der Waals surface area contributed by atoms with Crippen LogP contribution in [-0.4, -0.2) is 42.8 Å². The number of aliphatic hydroxyl groups excluding tert-OH is 1. The molecule has 2 rings (SSSR count). The predicted octanol–water partition coefficient (Wildman–Crippen LogP) is 1.10. The fourth-order valence-corrected chi connectivity index (χ4v) is 2.05. The van der Waals surface area contributed by atoms with Crippen LogP contribution in [0.4, 0.5) is 0 Å². The highest BCUT2D eigenvalue weighted by Gasteiger charge is 2.09. The molecule has 2 N–H and O–H groups in total. The monoisotopic (exact) mass is 232 g/mol. The Morgan fingerprint density at radius 3 is 2.53 bits per heavy atom. The third kappa shape index (κ3) is 3.97. The molecule has 0 radical (unpaired) electrons. The van der Waals surface area contributed by atoms with E-state index in [1.165, 1.54) is 5.56 Å². The Bertz CT molecular complexity index is 353. The summed E-state index contributed by atoms with van der Waals surface area (Å²) in [5.74, 6) is 0. The summed E-state index contributed by atoms with van der Waals surface area (Å²) < 4.78 is 0. The van der Waals surface area contributed by atoms with Gasteiger partial charge in [0.1, 0.15) is 0 Å². The molecule has 0 unspecified atom stereocenters. The zero-order valence-corrected chi connectivity index (χ0v) is 10.1. The summed E-state index contributed by atoms with van der Waals surface area (Å²) in [6.45, 7) is 5.58. The highest BCUT2D eigenvalue weighted by molar-refractivity contribution is 5.49. The van der Waals surface area contributed by atoms with Gasteiger partial charge in [-0.15, -0.1) is 0 Å². The van der Waals surface area contributed by atoms with Crippen LogP contribution in [0.15, 0.2) is 30.3 Å². The van der Waals surface area contributed by atoms with Crippen molar-refractivity contribution in [2.24, 2.45) is 0 Å². The molecule has 1 saturated heterocycles. The molecule has 3 heteroatoms. The van der Waals surface area contributed by atoms with Gasteiger partial charge < -0.3 is 10.4 Å². The lowest BCUT2D eigenvalue weighted by Crippen LogP contribution is -2.42. The minimum absolute atomic E-state index is 0.0997. The van der Waals surface area contributed by atoms with Crippen LogP contribution in [-0.2, 0) is 6.54 Å². The molecule has 1 heterocycles. The van der Waals surface area contributed by atoms with E-state index in [2.05, 4.69) is 34.5 Å². The number of hydrogen-bond acceptors (Lipinski definition) is 3. The zero-order chi connectivity index (χ0) is 11.9. The predicted molar refractivity (Wildman–Crippen MR) is 70.7 cm³/mol. The van der Waals surface area contributed by atoms with Crippen LogP contribution in [0.1, 0.15) is 11.1 Å². The fourth-order valence-electron chi connectivity index (χ4n) is 2.05. The summed E-state index contributed by atoms with van der Waals surface area (Å²) in [4.78, 5) is 2.47. The molecule has 0 aliphatic carbocycles. The van der Waals surface area contributed by atoms with E-state index in [0.717, 1.165) is 38.3 Å².